The molecule has 0 bridgehead atoms. The quantitative estimate of drug-likeness (QED) is 0.804. The highest BCUT2D eigenvalue weighted by molar-refractivity contribution is 5.95. The fourth-order valence-corrected chi connectivity index (χ4v) is 1.82. The summed E-state index contributed by atoms with van der Waals surface area (Å²) in [6.07, 6.45) is 2.35. The van der Waals surface area contributed by atoms with E-state index in [4.69, 9.17) is 5.73 Å². The summed E-state index contributed by atoms with van der Waals surface area (Å²) in [6.45, 7) is 7.45. The number of nitrogens with two attached hydrogens (primary N) is 1. The maximum atomic E-state index is 12.1. The van der Waals surface area contributed by atoms with Gasteiger partial charge < -0.3 is 16.0 Å². The molecule has 0 heterocycles. The van der Waals surface area contributed by atoms with Crippen LogP contribution in [0.3, 0.4) is 0 Å². The number of rotatable bonds is 7. The number of hydrogen-bond donors (Lipinski definition) is 2. The van der Waals surface area contributed by atoms with Crippen molar-refractivity contribution in [2.75, 3.05) is 25.0 Å². The highest BCUT2D eigenvalue weighted by Crippen LogP contribution is 2.15. The predicted molar refractivity (Wildman–Crippen MR) is 85.2 cm³/mol. The van der Waals surface area contributed by atoms with E-state index in [0.29, 0.717) is 12.1 Å². The van der Waals surface area contributed by atoms with Crippen LogP contribution in [0.15, 0.2) is 24.3 Å². The lowest BCUT2D eigenvalue weighted by Crippen LogP contribution is -2.48. The first-order valence-electron chi connectivity index (χ1n) is 7.23. The normalized spacial score (nSPS) is 11.2. The van der Waals surface area contributed by atoms with Crippen molar-refractivity contribution in [3.8, 4) is 0 Å². The van der Waals surface area contributed by atoms with Gasteiger partial charge in [0.15, 0.2) is 0 Å². The van der Waals surface area contributed by atoms with Crippen LogP contribution in [0, 0.1) is 0 Å². The highest BCUT2D eigenvalue weighted by atomic mass is 16.1. The molecule has 0 spiro atoms. The van der Waals surface area contributed by atoms with Crippen molar-refractivity contribution >= 4 is 11.6 Å². The predicted octanol–water partition coefficient (Wildman–Crippen LogP) is 2.39. The maximum Gasteiger partial charge on any atom is 0.251 e. The lowest BCUT2D eigenvalue weighted by Gasteiger charge is -2.24. The number of nitrogens with zero attached hydrogens (tertiary/aromatic N) is 1. The van der Waals surface area contributed by atoms with E-state index in [-0.39, 0.29) is 11.4 Å². The Morgan fingerprint density at radius 1 is 1.30 bits per heavy atom. The van der Waals surface area contributed by atoms with Crippen LogP contribution >= 0.6 is 0 Å². The fraction of sp³-hybridized carbons (Fsp3) is 0.562. The van der Waals surface area contributed by atoms with Gasteiger partial charge in [-0.25, -0.2) is 0 Å². The SMILES string of the molecule is CCCCN(C)c1ccc(C(=O)NC(C)(C)CN)cc1. The average molecular weight is 277 g/mol. The van der Waals surface area contributed by atoms with Crippen molar-refractivity contribution in [2.45, 2.75) is 39.2 Å². The number of unbranched alkanes of at least 4 members (excludes halogenated alkanes) is 1. The Morgan fingerprint density at radius 2 is 1.90 bits per heavy atom. The van der Waals surface area contributed by atoms with Crippen LogP contribution in [-0.4, -0.2) is 31.6 Å². The molecular formula is C16H27N3O. The molecule has 3 N–H and O–H groups in total. The summed E-state index contributed by atoms with van der Waals surface area (Å²) in [6, 6.07) is 7.69. The highest BCUT2D eigenvalue weighted by Gasteiger charge is 2.19. The summed E-state index contributed by atoms with van der Waals surface area (Å²) >= 11 is 0. The van der Waals surface area contributed by atoms with Gasteiger partial charge in [0.1, 0.15) is 0 Å². The zero-order chi connectivity index (χ0) is 15.2. The van der Waals surface area contributed by atoms with Gasteiger partial charge in [-0.1, -0.05) is 13.3 Å². The molecule has 20 heavy (non-hydrogen) atoms. The fourth-order valence-electron chi connectivity index (χ4n) is 1.82. The van der Waals surface area contributed by atoms with Gasteiger partial charge in [-0.3, -0.25) is 4.79 Å². The van der Waals surface area contributed by atoms with Crippen molar-refractivity contribution in [1.29, 1.82) is 0 Å². The van der Waals surface area contributed by atoms with Gasteiger partial charge in [0, 0.05) is 36.9 Å². The first-order chi connectivity index (χ1) is 9.39. The molecular weight excluding hydrogens is 250 g/mol. The first-order valence-corrected chi connectivity index (χ1v) is 7.23. The lowest BCUT2D eigenvalue weighted by atomic mass is 10.1. The van der Waals surface area contributed by atoms with E-state index < -0.39 is 0 Å². The first kappa shape index (κ1) is 16.5. The van der Waals surface area contributed by atoms with Crippen molar-refractivity contribution in [1.82, 2.24) is 5.32 Å². The Bertz CT molecular complexity index is 426. The summed E-state index contributed by atoms with van der Waals surface area (Å²) in [5, 5.41) is 2.93. The van der Waals surface area contributed by atoms with Crippen LogP contribution in [0.1, 0.15) is 44.0 Å². The van der Waals surface area contributed by atoms with E-state index in [0.717, 1.165) is 12.2 Å². The minimum Gasteiger partial charge on any atom is -0.375 e. The van der Waals surface area contributed by atoms with Crippen molar-refractivity contribution in [3.63, 3.8) is 0 Å². The molecule has 1 aromatic carbocycles. The van der Waals surface area contributed by atoms with Gasteiger partial charge in [0.2, 0.25) is 0 Å². The number of anilines is 1. The summed E-state index contributed by atoms with van der Waals surface area (Å²) in [4.78, 5) is 14.3. The number of hydrogen-bond acceptors (Lipinski definition) is 3. The van der Waals surface area contributed by atoms with Crippen LogP contribution in [-0.2, 0) is 0 Å². The topological polar surface area (TPSA) is 58.4 Å². The molecule has 0 aliphatic carbocycles. The second kappa shape index (κ2) is 7.29. The molecule has 0 aromatic heterocycles. The molecule has 0 unspecified atom stereocenters. The molecule has 4 heteroatoms. The van der Waals surface area contributed by atoms with E-state index in [1.165, 1.54) is 12.8 Å². The largest absolute Gasteiger partial charge is 0.375 e. The molecule has 1 aromatic rings. The summed E-state index contributed by atoms with van der Waals surface area (Å²) in [7, 11) is 2.07. The summed E-state index contributed by atoms with van der Waals surface area (Å²) in [5.74, 6) is -0.0804. The maximum absolute atomic E-state index is 12.1. The van der Waals surface area contributed by atoms with Crippen LogP contribution in [0.4, 0.5) is 5.69 Å². The molecule has 112 valence electrons. The van der Waals surface area contributed by atoms with Gasteiger partial charge >= 0.3 is 0 Å². The van der Waals surface area contributed by atoms with Crippen molar-refractivity contribution in [2.24, 2.45) is 5.73 Å². The standard InChI is InChI=1S/C16H27N3O/c1-5-6-11-19(4)14-9-7-13(8-10-14)15(20)18-16(2,3)12-17/h7-10H,5-6,11-12,17H2,1-4H3,(H,18,20). The number of amides is 1. The molecule has 0 aliphatic rings. The second-order valence-electron chi connectivity index (χ2n) is 5.86. The summed E-state index contributed by atoms with van der Waals surface area (Å²) in [5.41, 5.74) is 7.04. The molecule has 0 radical (unpaired) electrons. The minimum atomic E-state index is -0.381. The van der Waals surface area contributed by atoms with Gasteiger partial charge in [-0.15, -0.1) is 0 Å². The van der Waals surface area contributed by atoms with Crippen molar-refractivity contribution < 1.29 is 4.79 Å². The third-order valence-corrected chi connectivity index (χ3v) is 3.38. The summed E-state index contributed by atoms with van der Waals surface area (Å²) < 4.78 is 0. The molecule has 0 saturated carbocycles. The van der Waals surface area contributed by atoms with Gasteiger partial charge in [-0.05, 0) is 44.5 Å². The van der Waals surface area contributed by atoms with E-state index in [1.807, 2.05) is 38.1 Å². The lowest BCUT2D eigenvalue weighted by molar-refractivity contribution is 0.0916. The third kappa shape index (κ3) is 4.85. The zero-order valence-corrected chi connectivity index (χ0v) is 13.1. The van der Waals surface area contributed by atoms with Crippen LogP contribution in [0.5, 0.6) is 0 Å². The van der Waals surface area contributed by atoms with E-state index in [2.05, 4.69) is 24.2 Å². The van der Waals surface area contributed by atoms with E-state index >= 15 is 0 Å². The number of benzene rings is 1. The van der Waals surface area contributed by atoms with Crippen molar-refractivity contribution in [3.05, 3.63) is 29.8 Å². The Balaban J connectivity index is 2.68. The average Bonchev–Trinajstić information content (AvgIpc) is 2.44. The molecule has 4 nitrogen and oxygen atoms in total. The Labute approximate surface area is 122 Å². The number of carbonyl (C=O) groups excluding carboxylic acids is 1. The van der Waals surface area contributed by atoms with E-state index in [9.17, 15) is 4.79 Å². The minimum absolute atomic E-state index is 0.0804. The van der Waals surface area contributed by atoms with Crippen LogP contribution < -0.4 is 16.0 Å². The molecule has 1 amide bonds. The van der Waals surface area contributed by atoms with Gasteiger partial charge in [0.05, 0.1) is 0 Å². The monoisotopic (exact) mass is 277 g/mol. The van der Waals surface area contributed by atoms with Crippen LogP contribution in [0.2, 0.25) is 0 Å². The second-order valence-corrected chi connectivity index (χ2v) is 5.86. The van der Waals surface area contributed by atoms with Gasteiger partial charge in [0.25, 0.3) is 5.91 Å². The molecule has 0 atom stereocenters. The zero-order valence-electron chi connectivity index (χ0n) is 13.1. The Kier molecular flexibility index (Phi) is 6.02. The Hall–Kier alpha value is -1.55. The Morgan fingerprint density at radius 3 is 2.40 bits per heavy atom. The molecule has 1 rings (SSSR count). The van der Waals surface area contributed by atoms with E-state index in [1.54, 1.807) is 0 Å². The molecule has 0 aliphatic heterocycles. The molecule has 0 fully saturated rings. The molecule has 0 saturated heterocycles. The van der Waals surface area contributed by atoms with Crippen LogP contribution in [0.25, 0.3) is 0 Å². The van der Waals surface area contributed by atoms with Gasteiger partial charge in [-0.2, -0.15) is 0 Å². The number of carbonyl (C=O) groups is 1. The smallest absolute Gasteiger partial charge is 0.251 e. The number of nitrogens with one attached hydrogen (secondary N) is 1. The third-order valence-electron chi connectivity index (χ3n) is 3.38.